The quantitative estimate of drug-likeness (QED) is 0.807. The van der Waals surface area contributed by atoms with Gasteiger partial charge in [-0.15, -0.1) is 0 Å². The van der Waals surface area contributed by atoms with E-state index >= 15 is 0 Å². The number of nitriles is 1. The first-order valence-electron chi connectivity index (χ1n) is 6.47. The fourth-order valence-electron chi connectivity index (χ4n) is 2.54. The Bertz CT molecular complexity index is 285. The van der Waals surface area contributed by atoms with Gasteiger partial charge in [0.2, 0.25) is 0 Å². The lowest BCUT2D eigenvalue weighted by Crippen LogP contribution is -2.54. The van der Waals surface area contributed by atoms with Crippen LogP contribution in [0.25, 0.3) is 0 Å². The number of morpholine rings is 1. The van der Waals surface area contributed by atoms with Gasteiger partial charge in [0, 0.05) is 18.6 Å². The van der Waals surface area contributed by atoms with E-state index in [0.717, 1.165) is 19.6 Å². The molecule has 4 heteroatoms. The molecule has 0 aliphatic carbocycles. The Morgan fingerprint density at radius 2 is 2.29 bits per heavy atom. The highest BCUT2D eigenvalue weighted by molar-refractivity contribution is 5.03. The summed E-state index contributed by atoms with van der Waals surface area (Å²) in [7, 11) is 0. The molecule has 1 saturated heterocycles. The molecule has 1 fully saturated rings. The molecule has 1 aliphatic heterocycles. The Labute approximate surface area is 105 Å². The van der Waals surface area contributed by atoms with Crippen molar-refractivity contribution in [2.45, 2.75) is 64.3 Å². The highest BCUT2D eigenvalue weighted by atomic mass is 16.5. The van der Waals surface area contributed by atoms with Crippen LogP contribution in [0.1, 0.15) is 40.5 Å². The molecule has 0 spiro atoms. The monoisotopic (exact) mass is 239 g/mol. The Kier molecular flexibility index (Phi) is 4.93. The predicted molar refractivity (Wildman–Crippen MR) is 68.5 cm³/mol. The normalized spacial score (nSPS) is 31.5. The predicted octanol–water partition coefficient (Wildman–Crippen LogP) is 1.51. The SMILES string of the molecule is CCC1COC(C)CN1C(C)CC(C)(N)C#N. The molecule has 2 N–H and O–H groups in total. The first kappa shape index (κ1) is 14.4. The second-order valence-electron chi connectivity index (χ2n) is 5.49. The van der Waals surface area contributed by atoms with Gasteiger partial charge in [0.25, 0.3) is 0 Å². The molecule has 4 nitrogen and oxygen atoms in total. The van der Waals surface area contributed by atoms with E-state index in [-0.39, 0.29) is 6.10 Å². The Morgan fingerprint density at radius 3 is 2.82 bits per heavy atom. The molecule has 1 aliphatic rings. The average Bonchev–Trinajstić information content (AvgIpc) is 2.28. The van der Waals surface area contributed by atoms with Crippen LogP contribution in [0.3, 0.4) is 0 Å². The van der Waals surface area contributed by atoms with Crippen molar-refractivity contribution in [3.63, 3.8) is 0 Å². The van der Waals surface area contributed by atoms with Gasteiger partial charge in [-0.3, -0.25) is 4.90 Å². The molecule has 0 saturated carbocycles. The molecule has 1 heterocycles. The van der Waals surface area contributed by atoms with E-state index in [2.05, 4.69) is 31.7 Å². The molecule has 1 rings (SSSR count). The molecule has 0 bridgehead atoms. The minimum absolute atomic E-state index is 0.270. The van der Waals surface area contributed by atoms with Crippen molar-refractivity contribution in [2.75, 3.05) is 13.2 Å². The van der Waals surface area contributed by atoms with Crippen LogP contribution >= 0.6 is 0 Å². The molecule has 4 atom stereocenters. The maximum atomic E-state index is 9.00. The summed E-state index contributed by atoms with van der Waals surface area (Å²) >= 11 is 0. The van der Waals surface area contributed by atoms with Crippen molar-refractivity contribution in [1.82, 2.24) is 4.90 Å². The molecule has 0 amide bonds. The van der Waals surface area contributed by atoms with Crippen LogP contribution in [0.5, 0.6) is 0 Å². The summed E-state index contributed by atoms with van der Waals surface area (Å²) in [6.45, 7) is 9.95. The Balaban J connectivity index is 2.65. The van der Waals surface area contributed by atoms with Gasteiger partial charge in [0.1, 0.15) is 5.54 Å². The summed E-state index contributed by atoms with van der Waals surface area (Å²) in [5.41, 5.74) is 5.19. The second-order valence-corrected chi connectivity index (χ2v) is 5.49. The van der Waals surface area contributed by atoms with Crippen LogP contribution in [0, 0.1) is 11.3 Å². The van der Waals surface area contributed by atoms with Gasteiger partial charge in [-0.2, -0.15) is 5.26 Å². The average molecular weight is 239 g/mol. The second kappa shape index (κ2) is 5.81. The zero-order chi connectivity index (χ0) is 13.1. The van der Waals surface area contributed by atoms with E-state index in [9.17, 15) is 0 Å². The minimum Gasteiger partial charge on any atom is -0.376 e. The zero-order valence-electron chi connectivity index (χ0n) is 11.4. The van der Waals surface area contributed by atoms with Crippen LogP contribution in [-0.2, 0) is 4.74 Å². The summed E-state index contributed by atoms with van der Waals surface area (Å²) in [5, 5.41) is 9.00. The maximum absolute atomic E-state index is 9.00. The lowest BCUT2D eigenvalue weighted by Gasteiger charge is -2.43. The summed E-state index contributed by atoms with van der Waals surface area (Å²) in [4.78, 5) is 2.44. The third kappa shape index (κ3) is 3.95. The van der Waals surface area contributed by atoms with Crippen LogP contribution in [0.4, 0.5) is 0 Å². The minimum atomic E-state index is -0.737. The molecule has 4 unspecified atom stereocenters. The van der Waals surface area contributed by atoms with Crippen LogP contribution in [0.15, 0.2) is 0 Å². The van der Waals surface area contributed by atoms with Gasteiger partial charge in [-0.1, -0.05) is 6.92 Å². The van der Waals surface area contributed by atoms with Crippen molar-refractivity contribution in [3.8, 4) is 6.07 Å². The lowest BCUT2D eigenvalue weighted by atomic mass is 9.94. The fourth-order valence-corrected chi connectivity index (χ4v) is 2.54. The molecule has 17 heavy (non-hydrogen) atoms. The number of nitrogens with two attached hydrogens (primary N) is 1. The lowest BCUT2D eigenvalue weighted by molar-refractivity contribution is -0.0723. The number of hydrogen-bond donors (Lipinski definition) is 1. The van der Waals surface area contributed by atoms with Crippen LogP contribution < -0.4 is 5.73 Å². The van der Waals surface area contributed by atoms with E-state index in [0.29, 0.717) is 18.5 Å². The summed E-state index contributed by atoms with van der Waals surface area (Å²) in [6.07, 6.45) is 2.05. The highest BCUT2D eigenvalue weighted by Crippen LogP contribution is 2.21. The van der Waals surface area contributed by atoms with Gasteiger partial charge in [-0.25, -0.2) is 0 Å². The molecule has 0 aromatic rings. The number of rotatable bonds is 4. The Hall–Kier alpha value is -0.630. The third-order valence-electron chi connectivity index (χ3n) is 3.52. The van der Waals surface area contributed by atoms with E-state index in [4.69, 9.17) is 15.7 Å². The van der Waals surface area contributed by atoms with Crippen molar-refractivity contribution in [2.24, 2.45) is 5.73 Å². The molecule has 0 aromatic carbocycles. The van der Waals surface area contributed by atoms with E-state index in [1.54, 1.807) is 6.92 Å². The van der Waals surface area contributed by atoms with Crippen molar-refractivity contribution >= 4 is 0 Å². The Morgan fingerprint density at radius 1 is 1.65 bits per heavy atom. The fraction of sp³-hybridized carbons (Fsp3) is 0.923. The molecule has 0 aromatic heterocycles. The number of ether oxygens (including phenoxy) is 1. The summed E-state index contributed by atoms with van der Waals surface area (Å²) < 4.78 is 5.68. The van der Waals surface area contributed by atoms with Crippen molar-refractivity contribution in [3.05, 3.63) is 0 Å². The highest BCUT2D eigenvalue weighted by Gasteiger charge is 2.32. The van der Waals surface area contributed by atoms with Gasteiger partial charge < -0.3 is 10.5 Å². The topological polar surface area (TPSA) is 62.3 Å². The third-order valence-corrected chi connectivity index (χ3v) is 3.52. The first-order valence-corrected chi connectivity index (χ1v) is 6.47. The van der Waals surface area contributed by atoms with Gasteiger partial charge in [0.15, 0.2) is 0 Å². The number of nitrogens with zero attached hydrogens (tertiary/aromatic N) is 2. The first-order chi connectivity index (χ1) is 7.89. The molecular formula is C13H25N3O. The molecule has 98 valence electrons. The molecule has 0 radical (unpaired) electrons. The van der Waals surface area contributed by atoms with E-state index in [1.807, 2.05) is 0 Å². The van der Waals surface area contributed by atoms with Gasteiger partial charge >= 0.3 is 0 Å². The molecular weight excluding hydrogens is 214 g/mol. The maximum Gasteiger partial charge on any atom is 0.102 e. The van der Waals surface area contributed by atoms with Crippen molar-refractivity contribution in [1.29, 1.82) is 5.26 Å². The zero-order valence-corrected chi connectivity index (χ0v) is 11.4. The summed E-state index contributed by atoms with van der Waals surface area (Å²) in [5.74, 6) is 0. The number of hydrogen-bond acceptors (Lipinski definition) is 4. The van der Waals surface area contributed by atoms with Gasteiger partial charge in [-0.05, 0) is 33.6 Å². The van der Waals surface area contributed by atoms with E-state index in [1.165, 1.54) is 0 Å². The van der Waals surface area contributed by atoms with Crippen molar-refractivity contribution < 1.29 is 4.74 Å². The largest absolute Gasteiger partial charge is 0.376 e. The van der Waals surface area contributed by atoms with Crippen LogP contribution in [0.2, 0.25) is 0 Å². The van der Waals surface area contributed by atoms with Gasteiger partial charge in [0.05, 0.1) is 18.8 Å². The standard InChI is InChI=1S/C13H25N3O/c1-5-12-8-17-11(3)7-16(12)10(2)6-13(4,15)9-14/h10-12H,5-8,15H2,1-4H3. The van der Waals surface area contributed by atoms with Crippen LogP contribution in [-0.4, -0.2) is 41.8 Å². The summed E-state index contributed by atoms with van der Waals surface area (Å²) in [6, 6.07) is 2.95. The smallest absolute Gasteiger partial charge is 0.102 e. The van der Waals surface area contributed by atoms with E-state index < -0.39 is 5.54 Å².